The van der Waals surface area contributed by atoms with Crippen LogP contribution in [-0.4, -0.2) is 20.9 Å². The van der Waals surface area contributed by atoms with Crippen LogP contribution in [0.25, 0.3) is 0 Å². The number of nitrogens with zero attached hydrogens (tertiary/aromatic N) is 3. The van der Waals surface area contributed by atoms with Crippen molar-refractivity contribution in [3.63, 3.8) is 0 Å². The molecule has 0 atom stereocenters. The Hall–Kier alpha value is -2.95. The first-order valence-corrected chi connectivity index (χ1v) is 8.07. The van der Waals surface area contributed by atoms with Gasteiger partial charge in [0.2, 0.25) is 0 Å². The Morgan fingerprint density at radius 3 is 2.33 bits per heavy atom. The highest BCUT2D eigenvalue weighted by Crippen LogP contribution is 2.06. The molecule has 0 spiro atoms. The average Bonchev–Trinajstić information content (AvgIpc) is 3.10. The lowest BCUT2D eigenvalue weighted by molar-refractivity contribution is 0.0940. The van der Waals surface area contributed by atoms with Gasteiger partial charge >= 0.3 is 0 Å². The molecule has 0 aliphatic rings. The number of aromatic nitrogens is 3. The van der Waals surface area contributed by atoms with E-state index in [9.17, 15) is 4.79 Å². The van der Waals surface area contributed by atoms with Gasteiger partial charge in [0.25, 0.3) is 5.91 Å². The third kappa shape index (κ3) is 4.29. The van der Waals surface area contributed by atoms with Gasteiger partial charge in [-0.15, -0.1) is 5.10 Å². The van der Waals surface area contributed by atoms with Crippen molar-refractivity contribution >= 4 is 5.91 Å². The highest BCUT2D eigenvalue weighted by atomic mass is 16.2. The summed E-state index contributed by atoms with van der Waals surface area (Å²) < 4.78 is 1.67. The van der Waals surface area contributed by atoms with Crippen molar-refractivity contribution < 1.29 is 4.79 Å². The van der Waals surface area contributed by atoms with E-state index in [1.165, 1.54) is 11.8 Å². The lowest BCUT2D eigenvalue weighted by Crippen LogP contribution is -2.26. The molecule has 0 aliphatic carbocycles. The fourth-order valence-corrected chi connectivity index (χ4v) is 2.55. The molecule has 5 nitrogen and oxygen atoms in total. The number of nitrogens with one attached hydrogen (secondary N) is 1. The molecule has 0 saturated carbocycles. The van der Waals surface area contributed by atoms with Crippen molar-refractivity contribution in [1.29, 1.82) is 0 Å². The quantitative estimate of drug-likeness (QED) is 0.728. The van der Waals surface area contributed by atoms with Gasteiger partial charge in [0.05, 0.1) is 6.20 Å². The van der Waals surface area contributed by atoms with Crippen LogP contribution < -0.4 is 5.32 Å². The van der Waals surface area contributed by atoms with Crippen LogP contribution >= 0.6 is 0 Å². The SMILES string of the molecule is O=C(NCc1ccccc1)c1cnnn1CCCc1ccccc1. The van der Waals surface area contributed by atoms with E-state index >= 15 is 0 Å². The number of benzene rings is 2. The van der Waals surface area contributed by atoms with Gasteiger partial charge in [-0.1, -0.05) is 65.9 Å². The first-order chi connectivity index (χ1) is 11.8. The molecule has 1 amide bonds. The van der Waals surface area contributed by atoms with Crippen LogP contribution in [0.1, 0.15) is 28.0 Å². The third-order valence-electron chi connectivity index (χ3n) is 3.82. The van der Waals surface area contributed by atoms with Gasteiger partial charge in [0.1, 0.15) is 5.69 Å². The molecule has 0 aliphatic heterocycles. The Morgan fingerprint density at radius 2 is 1.62 bits per heavy atom. The van der Waals surface area contributed by atoms with Crippen molar-refractivity contribution in [3.8, 4) is 0 Å². The zero-order valence-electron chi connectivity index (χ0n) is 13.4. The molecule has 1 aromatic heterocycles. The van der Waals surface area contributed by atoms with Gasteiger partial charge in [-0.2, -0.15) is 0 Å². The minimum absolute atomic E-state index is 0.149. The second-order valence-corrected chi connectivity index (χ2v) is 5.60. The molecule has 2 aromatic carbocycles. The van der Waals surface area contributed by atoms with Gasteiger partial charge in [0.15, 0.2) is 0 Å². The summed E-state index contributed by atoms with van der Waals surface area (Å²) in [4.78, 5) is 12.3. The summed E-state index contributed by atoms with van der Waals surface area (Å²) in [6, 6.07) is 20.1. The van der Waals surface area contributed by atoms with Gasteiger partial charge in [-0.3, -0.25) is 4.79 Å². The number of amides is 1. The first kappa shape index (κ1) is 15.9. The summed E-state index contributed by atoms with van der Waals surface area (Å²) in [5, 5.41) is 10.8. The summed E-state index contributed by atoms with van der Waals surface area (Å²) >= 11 is 0. The van der Waals surface area contributed by atoms with Crippen LogP contribution in [0.4, 0.5) is 0 Å². The zero-order chi connectivity index (χ0) is 16.6. The number of carbonyl (C=O) groups excluding carboxylic acids is 1. The molecule has 24 heavy (non-hydrogen) atoms. The molecule has 0 saturated heterocycles. The van der Waals surface area contributed by atoms with E-state index in [0.29, 0.717) is 18.8 Å². The Bertz CT molecular complexity index is 768. The van der Waals surface area contributed by atoms with Crippen LogP contribution in [0.5, 0.6) is 0 Å². The van der Waals surface area contributed by atoms with Gasteiger partial charge in [-0.05, 0) is 24.0 Å². The van der Waals surface area contributed by atoms with Crippen molar-refractivity contribution in [2.45, 2.75) is 25.9 Å². The Balaban J connectivity index is 1.53. The van der Waals surface area contributed by atoms with Gasteiger partial charge in [-0.25, -0.2) is 4.68 Å². The highest BCUT2D eigenvalue weighted by Gasteiger charge is 2.12. The molecule has 1 N–H and O–H groups in total. The average molecular weight is 320 g/mol. The molecular formula is C19H20N4O. The normalized spacial score (nSPS) is 10.5. The summed E-state index contributed by atoms with van der Waals surface area (Å²) in [6.45, 7) is 1.16. The molecule has 0 radical (unpaired) electrons. The largest absolute Gasteiger partial charge is 0.347 e. The minimum Gasteiger partial charge on any atom is -0.347 e. The van der Waals surface area contributed by atoms with Crippen molar-refractivity contribution in [1.82, 2.24) is 20.3 Å². The van der Waals surface area contributed by atoms with E-state index in [2.05, 4.69) is 27.8 Å². The summed E-state index contributed by atoms with van der Waals surface area (Å²) in [5.41, 5.74) is 2.85. The molecule has 5 heteroatoms. The molecule has 0 bridgehead atoms. The molecular weight excluding hydrogens is 300 g/mol. The maximum atomic E-state index is 12.3. The first-order valence-electron chi connectivity index (χ1n) is 8.07. The predicted octanol–water partition coefficient (Wildman–Crippen LogP) is 2.84. The Labute approximate surface area is 141 Å². The lowest BCUT2D eigenvalue weighted by atomic mass is 10.1. The van der Waals surface area contributed by atoms with Crippen LogP contribution in [0.2, 0.25) is 0 Å². The van der Waals surface area contributed by atoms with E-state index < -0.39 is 0 Å². The summed E-state index contributed by atoms with van der Waals surface area (Å²) in [5.74, 6) is -0.149. The number of rotatable bonds is 7. The topological polar surface area (TPSA) is 59.8 Å². The highest BCUT2D eigenvalue weighted by molar-refractivity contribution is 5.92. The maximum Gasteiger partial charge on any atom is 0.271 e. The fourth-order valence-electron chi connectivity index (χ4n) is 2.55. The van der Waals surface area contributed by atoms with Crippen LogP contribution in [0.15, 0.2) is 66.9 Å². The molecule has 0 fully saturated rings. The summed E-state index contributed by atoms with van der Waals surface area (Å²) in [6.07, 6.45) is 3.38. The van der Waals surface area contributed by atoms with Crippen molar-refractivity contribution in [3.05, 3.63) is 83.7 Å². The molecule has 122 valence electrons. The lowest BCUT2D eigenvalue weighted by Gasteiger charge is -2.07. The molecule has 0 unspecified atom stereocenters. The molecule has 3 rings (SSSR count). The van der Waals surface area contributed by atoms with E-state index in [1.54, 1.807) is 4.68 Å². The fraction of sp³-hybridized carbons (Fsp3) is 0.211. The molecule has 3 aromatic rings. The number of aryl methyl sites for hydroxylation is 2. The standard InChI is InChI=1S/C19H20N4O/c24-19(20-14-17-10-5-2-6-11-17)18-15-21-22-23(18)13-7-12-16-8-3-1-4-9-16/h1-6,8-11,15H,7,12-14H2,(H,20,24). The second kappa shape index (κ2) is 8.06. The number of carbonyl (C=O) groups is 1. The van der Waals surface area contributed by atoms with Crippen LogP contribution in [0, 0.1) is 0 Å². The number of hydrogen-bond donors (Lipinski definition) is 1. The Kier molecular flexibility index (Phi) is 5.35. The van der Waals surface area contributed by atoms with E-state index in [1.807, 2.05) is 48.5 Å². The smallest absolute Gasteiger partial charge is 0.271 e. The predicted molar refractivity (Wildman–Crippen MR) is 92.4 cm³/mol. The second-order valence-electron chi connectivity index (χ2n) is 5.60. The van der Waals surface area contributed by atoms with E-state index in [0.717, 1.165) is 18.4 Å². The molecule has 1 heterocycles. The van der Waals surface area contributed by atoms with Crippen molar-refractivity contribution in [2.24, 2.45) is 0 Å². The minimum atomic E-state index is -0.149. The van der Waals surface area contributed by atoms with E-state index in [4.69, 9.17) is 0 Å². The third-order valence-corrected chi connectivity index (χ3v) is 3.82. The zero-order valence-corrected chi connectivity index (χ0v) is 13.4. The Morgan fingerprint density at radius 1 is 0.958 bits per heavy atom. The van der Waals surface area contributed by atoms with Crippen molar-refractivity contribution in [2.75, 3.05) is 0 Å². The van der Waals surface area contributed by atoms with E-state index in [-0.39, 0.29) is 5.91 Å². The van der Waals surface area contributed by atoms with Crippen LogP contribution in [0.3, 0.4) is 0 Å². The maximum absolute atomic E-state index is 12.3. The van der Waals surface area contributed by atoms with Gasteiger partial charge in [0, 0.05) is 13.1 Å². The van der Waals surface area contributed by atoms with Crippen LogP contribution in [-0.2, 0) is 19.5 Å². The number of hydrogen-bond acceptors (Lipinski definition) is 3. The monoisotopic (exact) mass is 320 g/mol. The summed E-state index contributed by atoms with van der Waals surface area (Å²) in [7, 11) is 0. The van der Waals surface area contributed by atoms with Gasteiger partial charge < -0.3 is 5.32 Å².